The summed E-state index contributed by atoms with van der Waals surface area (Å²) in [5, 5.41) is 7.03. The van der Waals surface area contributed by atoms with Crippen molar-refractivity contribution in [3.63, 3.8) is 0 Å². The molecule has 2 aromatic carbocycles. The minimum atomic E-state index is -3.00. The van der Waals surface area contributed by atoms with Gasteiger partial charge in [0.25, 0.3) is 5.91 Å². The molecule has 10 heteroatoms. The molecule has 0 aliphatic carbocycles. The Morgan fingerprint density at radius 2 is 2.10 bits per heavy atom. The Bertz CT molecular complexity index is 1120. The van der Waals surface area contributed by atoms with Crippen LogP contribution in [0.2, 0.25) is 5.02 Å². The molecular weight excluding hydrogens is 446 g/mol. The second kappa shape index (κ2) is 8.49. The molecule has 2 N–H and O–H groups in total. The number of thioether (sulfide) groups is 1. The molecule has 7 nitrogen and oxygen atoms in total. The number of ether oxygens (including phenoxy) is 1. The Hall–Kier alpha value is -2.23. The standard InChI is InChI=1S/C20H20ClN3O4S2/c1-28-14-4-2-3-12(7-14)9-22-19(25)13-5-6-15(21)16(8-13)23-20-24-17-10-30(26,27)11-18(17)29-20/h2-8,17-18H,9-11H2,1H3,(H,22,25)(H,23,24)/t17-,18-/m0/s1. The smallest absolute Gasteiger partial charge is 0.251 e. The van der Waals surface area contributed by atoms with Crippen molar-refractivity contribution >= 4 is 50.0 Å². The number of nitrogens with zero attached hydrogens (tertiary/aromatic N) is 1. The van der Waals surface area contributed by atoms with Crippen LogP contribution in [0.1, 0.15) is 15.9 Å². The highest BCUT2D eigenvalue weighted by atomic mass is 35.5. The van der Waals surface area contributed by atoms with Gasteiger partial charge in [0.05, 0.1) is 35.4 Å². The molecule has 2 aliphatic rings. The van der Waals surface area contributed by atoms with E-state index in [1.165, 1.54) is 11.8 Å². The minimum Gasteiger partial charge on any atom is -0.497 e. The third kappa shape index (κ3) is 4.74. The first kappa shape index (κ1) is 21.0. The van der Waals surface area contributed by atoms with Crippen LogP contribution in [-0.4, -0.2) is 49.4 Å². The van der Waals surface area contributed by atoms with Crippen molar-refractivity contribution in [1.29, 1.82) is 0 Å². The highest BCUT2D eigenvalue weighted by molar-refractivity contribution is 8.15. The molecule has 2 aromatic rings. The fraction of sp³-hybridized carbons (Fsp3) is 0.300. The quantitative estimate of drug-likeness (QED) is 0.704. The van der Waals surface area contributed by atoms with Gasteiger partial charge in [-0.05, 0) is 35.9 Å². The van der Waals surface area contributed by atoms with Gasteiger partial charge in [-0.1, -0.05) is 35.5 Å². The van der Waals surface area contributed by atoms with Crippen molar-refractivity contribution in [2.75, 3.05) is 23.9 Å². The Morgan fingerprint density at radius 3 is 2.87 bits per heavy atom. The lowest BCUT2D eigenvalue weighted by Crippen LogP contribution is -2.23. The van der Waals surface area contributed by atoms with Gasteiger partial charge in [-0.3, -0.25) is 9.79 Å². The van der Waals surface area contributed by atoms with Crippen molar-refractivity contribution in [3.8, 4) is 5.75 Å². The first-order valence-electron chi connectivity index (χ1n) is 9.25. The number of nitrogens with one attached hydrogen (secondary N) is 2. The van der Waals surface area contributed by atoms with Crippen LogP contribution < -0.4 is 15.4 Å². The molecule has 2 heterocycles. The van der Waals surface area contributed by atoms with Gasteiger partial charge in [-0.2, -0.15) is 0 Å². The van der Waals surface area contributed by atoms with E-state index in [-0.39, 0.29) is 28.7 Å². The number of amides is 1. The van der Waals surface area contributed by atoms with Crippen molar-refractivity contribution in [1.82, 2.24) is 5.32 Å². The Kier molecular flexibility index (Phi) is 5.95. The molecule has 30 heavy (non-hydrogen) atoms. The summed E-state index contributed by atoms with van der Waals surface area (Å²) in [5.74, 6) is 0.710. The maximum absolute atomic E-state index is 12.6. The Balaban J connectivity index is 1.42. The number of carbonyl (C=O) groups is 1. The highest BCUT2D eigenvalue weighted by Crippen LogP contribution is 2.35. The predicted octanol–water partition coefficient (Wildman–Crippen LogP) is 2.96. The fourth-order valence-electron chi connectivity index (χ4n) is 3.36. The van der Waals surface area contributed by atoms with Crippen molar-refractivity contribution < 1.29 is 17.9 Å². The highest BCUT2D eigenvalue weighted by Gasteiger charge is 2.42. The van der Waals surface area contributed by atoms with E-state index in [0.717, 1.165) is 11.3 Å². The number of halogens is 1. The number of methoxy groups -OCH3 is 1. The van der Waals surface area contributed by atoms with Crippen LogP contribution in [0.15, 0.2) is 47.5 Å². The van der Waals surface area contributed by atoms with Gasteiger partial charge in [-0.15, -0.1) is 0 Å². The number of benzene rings is 2. The first-order chi connectivity index (χ1) is 14.3. The summed E-state index contributed by atoms with van der Waals surface area (Å²) in [6.45, 7) is 0.363. The van der Waals surface area contributed by atoms with Crippen LogP contribution in [0.4, 0.5) is 5.69 Å². The molecule has 1 amide bonds. The van der Waals surface area contributed by atoms with Crippen molar-refractivity contribution in [2.45, 2.75) is 17.8 Å². The minimum absolute atomic E-state index is 0.0642. The van der Waals surface area contributed by atoms with E-state index in [4.69, 9.17) is 16.3 Å². The lowest BCUT2D eigenvalue weighted by Gasteiger charge is -2.11. The van der Waals surface area contributed by atoms with E-state index in [1.54, 1.807) is 25.3 Å². The SMILES string of the molecule is COc1cccc(CNC(=O)c2ccc(Cl)c(NC3=N[C@H]4CS(=O)(=O)C[C@@H]4S3)c2)c1. The van der Waals surface area contributed by atoms with Gasteiger partial charge >= 0.3 is 0 Å². The van der Waals surface area contributed by atoms with E-state index in [2.05, 4.69) is 15.6 Å². The number of hydrogen-bond donors (Lipinski definition) is 2. The molecule has 0 saturated carbocycles. The van der Waals surface area contributed by atoms with Gasteiger partial charge in [-0.25, -0.2) is 8.42 Å². The van der Waals surface area contributed by atoms with Crippen molar-refractivity contribution in [3.05, 3.63) is 58.6 Å². The second-order valence-electron chi connectivity index (χ2n) is 7.09. The van der Waals surface area contributed by atoms with Crippen LogP contribution in [0.5, 0.6) is 5.75 Å². The van der Waals surface area contributed by atoms with Crippen LogP contribution in [-0.2, 0) is 16.4 Å². The number of anilines is 1. The van der Waals surface area contributed by atoms with Crippen molar-refractivity contribution in [2.24, 2.45) is 4.99 Å². The summed E-state index contributed by atoms with van der Waals surface area (Å²) in [5.41, 5.74) is 1.93. The molecule has 2 atom stereocenters. The summed E-state index contributed by atoms with van der Waals surface area (Å²) in [6.07, 6.45) is 0. The molecule has 0 spiro atoms. The molecular formula is C20H20ClN3O4S2. The molecule has 4 rings (SSSR count). The Morgan fingerprint density at radius 1 is 1.27 bits per heavy atom. The average molecular weight is 466 g/mol. The molecule has 1 saturated heterocycles. The Labute approximate surface area is 184 Å². The topological polar surface area (TPSA) is 96.9 Å². The van der Waals surface area contributed by atoms with E-state index in [9.17, 15) is 13.2 Å². The monoisotopic (exact) mass is 465 g/mol. The van der Waals surface area contributed by atoms with Gasteiger partial charge in [0.15, 0.2) is 15.0 Å². The van der Waals surface area contributed by atoms with Gasteiger partial charge in [0.2, 0.25) is 0 Å². The number of rotatable bonds is 5. The molecule has 158 valence electrons. The third-order valence-corrected chi connectivity index (χ3v) is 8.35. The fourth-order valence-corrected chi connectivity index (χ4v) is 7.19. The van der Waals surface area contributed by atoms with E-state index in [1.807, 2.05) is 24.3 Å². The zero-order chi connectivity index (χ0) is 21.3. The molecule has 0 unspecified atom stereocenters. The van der Waals surface area contributed by atoms with E-state index in [0.29, 0.717) is 28.0 Å². The summed E-state index contributed by atoms with van der Waals surface area (Å²) in [7, 11) is -1.41. The van der Waals surface area contributed by atoms with Crippen LogP contribution in [0, 0.1) is 0 Å². The summed E-state index contributed by atoms with van der Waals surface area (Å²) < 4.78 is 28.6. The first-order valence-corrected chi connectivity index (χ1v) is 12.3. The van der Waals surface area contributed by atoms with Gasteiger partial charge in [0.1, 0.15) is 5.75 Å². The largest absolute Gasteiger partial charge is 0.497 e. The van der Waals surface area contributed by atoms with E-state index >= 15 is 0 Å². The molecule has 2 aliphatic heterocycles. The zero-order valence-corrected chi connectivity index (χ0v) is 18.5. The molecule has 0 radical (unpaired) electrons. The molecule has 0 aromatic heterocycles. The summed E-state index contributed by atoms with van der Waals surface area (Å²) >= 11 is 7.68. The van der Waals surface area contributed by atoms with Crippen LogP contribution in [0.3, 0.4) is 0 Å². The lowest BCUT2D eigenvalue weighted by atomic mass is 10.1. The summed E-state index contributed by atoms with van der Waals surface area (Å²) in [6, 6.07) is 12.2. The van der Waals surface area contributed by atoms with Crippen LogP contribution >= 0.6 is 23.4 Å². The molecule has 0 bridgehead atoms. The number of hydrogen-bond acceptors (Lipinski definition) is 7. The average Bonchev–Trinajstić information content (AvgIpc) is 3.20. The molecule has 1 fully saturated rings. The van der Waals surface area contributed by atoms with Gasteiger partial charge in [0, 0.05) is 17.4 Å². The van der Waals surface area contributed by atoms with Crippen LogP contribution in [0.25, 0.3) is 0 Å². The van der Waals surface area contributed by atoms with Gasteiger partial charge < -0.3 is 15.4 Å². The third-order valence-electron chi connectivity index (χ3n) is 4.88. The van der Waals surface area contributed by atoms with E-state index < -0.39 is 9.84 Å². The zero-order valence-electron chi connectivity index (χ0n) is 16.1. The number of carbonyl (C=O) groups excluding carboxylic acids is 1. The predicted molar refractivity (Wildman–Crippen MR) is 120 cm³/mol. The maximum Gasteiger partial charge on any atom is 0.251 e. The summed E-state index contributed by atoms with van der Waals surface area (Å²) in [4.78, 5) is 17.1. The second-order valence-corrected chi connectivity index (χ2v) is 10.9. The maximum atomic E-state index is 12.6. The lowest BCUT2D eigenvalue weighted by molar-refractivity contribution is 0.0951. The normalized spacial score (nSPS) is 21.6. The number of fused-ring (bicyclic) bond motifs is 1. The number of amidine groups is 1. The number of sulfone groups is 1. The number of aliphatic imine (C=N–C) groups is 1.